The van der Waals surface area contributed by atoms with Crippen molar-refractivity contribution in [3.63, 3.8) is 0 Å². The molecule has 4 nitrogen and oxygen atoms in total. The molecule has 0 bridgehead atoms. The van der Waals surface area contributed by atoms with Gasteiger partial charge in [0.1, 0.15) is 0 Å². The molecule has 0 spiro atoms. The average molecular weight is 510 g/mol. The first kappa shape index (κ1) is 23.9. The largest absolute Gasteiger partial charge is 0.381 e. The molecule has 1 aromatic rings. The maximum absolute atomic E-state index is 5.57. The fourth-order valence-corrected chi connectivity index (χ4v) is 4.78. The summed E-state index contributed by atoms with van der Waals surface area (Å²) in [5.74, 6) is 2.09. The highest BCUT2D eigenvalue weighted by Gasteiger charge is 2.32. The van der Waals surface area contributed by atoms with Gasteiger partial charge in [-0.2, -0.15) is 11.8 Å². The molecular weight excluding hydrogens is 477 g/mol. The SMILES string of the molecule is CCSC1(CNC(=NC)N(C)Cc2ccc(SC)cc2)CCOCC1.I. The zero-order valence-corrected chi connectivity index (χ0v) is 20.2. The first-order valence-electron chi connectivity index (χ1n) is 8.89. The summed E-state index contributed by atoms with van der Waals surface area (Å²) < 4.78 is 5.83. The Morgan fingerprint density at radius 1 is 1.27 bits per heavy atom. The molecule has 0 amide bonds. The Kier molecular flexibility index (Phi) is 11.4. The molecule has 0 radical (unpaired) electrons. The molecule has 1 aromatic carbocycles. The maximum Gasteiger partial charge on any atom is 0.193 e. The normalized spacial score (nSPS) is 16.7. The van der Waals surface area contributed by atoms with Crippen LogP contribution in [-0.2, 0) is 11.3 Å². The number of ether oxygens (including phenoxy) is 1. The second-order valence-electron chi connectivity index (χ2n) is 6.33. The van der Waals surface area contributed by atoms with E-state index in [2.05, 4.69) is 71.5 Å². The monoisotopic (exact) mass is 509 g/mol. The van der Waals surface area contributed by atoms with Gasteiger partial charge in [-0.15, -0.1) is 35.7 Å². The molecule has 0 unspecified atom stereocenters. The van der Waals surface area contributed by atoms with Gasteiger partial charge < -0.3 is 15.0 Å². The summed E-state index contributed by atoms with van der Waals surface area (Å²) >= 11 is 3.83. The number of guanidine groups is 1. The van der Waals surface area contributed by atoms with Crippen molar-refractivity contribution in [2.75, 3.05) is 45.9 Å². The summed E-state index contributed by atoms with van der Waals surface area (Å²) in [7, 11) is 3.96. The van der Waals surface area contributed by atoms with E-state index >= 15 is 0 Å². The lowest BCUT2D eigenvalue weighted by Crippen LogP contribution is -2.48. The van der Waals surface area contributed by atoms with Crippen molar-refractivity contribution in [2.24, 2.45) is 4.99 Å². The molecule has 0 atom stereocenters. The molecule has 1 fully saturated rings. The van der Waals surface area contributed by atoms with Crippen molar-refractivity contribution in [3.8, 4) is 0 Å². The lowest BCUT2D eigenvalue weighted by Gasteiger charge is -2.37. The van der Waals surface area contributed by atoms with Gasteiger partial charge in [0.25, 0.3) is 0 Å². The second-order valence-corrected chi connectivity index (χ2v) is 8.95. The van der Waals surface area contributed by atoms with Crippen LogP contribution in [0.5, 0.6) is 0 Å². The van der Waals surface area contributed by atoms with Gasteiger partial charge in [-0.05, 0) is 42.5 Å². The first-order valence-corrected chi connectivity index (χ1v) is 11.1. The van der Waals surface area contributed by atoms with Gasteiger partial charge in [-0.3, -0.25) is 4.99 Å². The predicted molar refractivity (Wildman–Crippen MR) is 127 cm³/mol. The van der Waals surface area contributed by atoms with Crippen LogP contribution in [0.1, 0.15) is 25.3 Å². The van der Waals surface area contributed by atoms with Gasteiger partial charge in [-0.25, -0.2) is 0 Å². The molecule has 26 heavy (non-hydrogen) atoms. The van der Waals surface area contributed by atoms with Crippen molar-refractivity contribution in [2.45, 2.75) is 36.0 Å². The van der Waals surface area contributed by atoms with Crippen LogP contribution in [0.25, 0.3) is 0 Å². The van der Waals surface area contributed by atoms with E-state index in [-0.39, 0.29) is 28.7 Å². The Morgan fingerprint density at radius 2 is 1.92 bits per heavy atom. The number of rotatable bonds is 7. The third kappa shape index (κ3) is 7.13. The molecule has 0 aromatic heterocycles. The molecule has 2 rings (SSSR count). The summed E-state index contributed by atoms with van der Waals surface area (Å²) in [6.45, 7) is 5.76. The Balaban J connectivity index is 0.00000338. The summed E-state index contributed by atoms with van der Waals surface area (Å²) in [5, 5.41) is 3.60. The molecule has 7 heteroatoms. The highest BCUT2D eigenvalue weighted by molar-refractivity contribution is 14.0. The number of aliphatic imine (C=N–C) groups is 1. The van der Waals surface area contributed by atoms with Crippen molar-refractivity contribution in [3.05, 3.63) is 29.8 Å². The number of benzene rings is 1. The third-order valence-electron chi connectivity index (χ3n) is 4.58. The molecule has 1 saturated heterocycles. The molecule has 1 N–H and O–H groups in total. The van der Waals surface area contributed by atoms with Gasteiger partial charge in [0.2, 0.25) is 0 Å². The van der Waals surface area contributed by atoms with E-state index in [0.717, 1.165) is 50.9 Å². The van der Waals surface area contributed by atoms with E-state index < -0.39 is 0 Å². The van der Waals surface area contributed by atoms with Crippen molar-refractivity contribution < 1.29 is 4.74 Å². The van der Waals surface area contributed by atoms with Crippen LogP contribution in [-0.4, -0.2) is 61.5 Å². The summed E-state index contributed by atoms with van der Waals surface area (Å²) in [6.07, 6.45) is 4.32. The number of hydrogen-bond donors (Lipinski definition) is 1. The van der Waals surface area contributed by atoms with E-state index in [1.165, 1.54) is 10.5 Å². The van der Waals surface area contributed by atoms with Crippen LogP contribution in [0.2, 0.25) is 0 Å². The Hall–Kier alpha value is -0.120. The van der Waals surface area contributed by atoms with Crippen LogP contribution >= 0.6 is 47.5 Å². The van der Waals surface area contributed by atoms with Gasteiger partial charge in [0.15, 0.2) is 5.96 Å². The summed E-state index contributed by atoms with van der Waals surface area (Å²) in [6, 6.07) is 8.75. The minimum atomic E-state index is 0. The van der Waals surface area contributed by atoms with Crippen molar-refractivity contribution >= 4 is 53.5 Å². The molecule has 148 valence electrons. The summed E-state index contributed by atoms with van der Waals surface area (Å²) in [4.78, 5) is 7.97. The third-order valence-corrected chi connectivity index (χ3v) is 6.77. The van der Waals surface area contributed by atoms with Gasteiger partial charge >= 0.3 is 0 Å². The van der Waals surface area contributed by atoms with E-state index in [0.29, 0.717) is 0 Å². The molecule has 1 aliphatic heterocycles. The maximum atomic E-state index is 5.57. The van der Waals surface area contributed by atoms with Gasteiger partial charge in [0, 0.05) is 50.0 Å². The van der Waals surface area contributed by atoms with Crippen molar-refractivity contribution in [1.82, 2.24) is 10.2 Å². The minimum absolute atomic E-state index is 0. The standard InChI is InChI=1S/C19H31N3OS2.HI/c1-5-25-19(10-12-23-13-11-19)15-21-18(20-2)22(3)14-16-6-8-17(24-4)9-7-16;/h6-9H,5,10-15H2,1-4H3,(H,20,21);1H. The van der Waals surface area contributed by atoms with Crippen LogP contribution < -0.4 is 5.32 Å². The Morgan fingerprint density at radius 3 is 2.46 bits per heavy atom. The lowest BCUT2D eigenvalue weighted by atomic mass is 9.99. The smallest absolute Gasteiger partial charge is 0.193 e. The molecular formula is C19H32IN3OS2. The highest BCUT2D eigenvalue weighted by Crippen LogP contribution is 2.34. The van der Waals surface area contributed by atoms with Crippen LogP contribution in [0, 0.1) is 0 Å². The molecule has 1 heterocycles. The van der Waals surface area contributed by atoms with Gasteiger partial charge in [0.05, 0.1) is 0 Å². The Bertz CT molecular complexity index is 543. The van der Waals surface area contributed by atoms with E-state index in [9.17, 15) is 0 Å². The van der Waals surface area contributed by atoms with Crippen LogP contribution in [0.15, 0.2) is 34.2 Å². The number of thioether (sulfide) groups is 2. The van der Waals surface area contributed by atoms with Crippen molar-refractivity contribution in [1.29, 1.82) is 0 Å². The first-order chi connectivity index (χ1) is 12.1. The Labute approximate surface area is 184 Å². The number of hydrogen-bond acceptors (Lipinski definition) is 4. The molecule has 0 aliphatic carbocycles. The topological polar surface area (TPSA) is 36.9 Å². The van der Waals surface area contributed by atoms with E-state index in [4.69, 9.17) is 4.74 Å². The zero-order chi connectivity index (χ0) is 18.1. The highest BCUT2D eigenvalue weighted by atomic mass is 127. The van der Waals surface area contributed by atoms with Crippen LogP contribution in [0.4, 0.5) is 0 Å². The van der Waals surface area contributed by atoms with E-state index in [1.54, 1.807) is 11.8 Å². The van der Waals surface area contributed by atoms with Crippen LogP contribution in [0.3, 0.4) is 0 Å². The zero-order valence-electron chi connectivity index (χ0n) is 16.3. The van der Waals surface area contributed by atoms with E-state index in [1.807, 2.05) is 7.05 Å². The number of nitrogens with zero attached hydrogens (tertiary/aromatic N) is 2. The molecule has 1 aliphatic rings. The van der Waals surface area contributed by atoms with Gasteiger partial charge in [-0.1, -0.05) is 19.1 Å². The summed E-state index contributed by atoms with van der Waals surface area (Å²) in [5.41, 5.74) is 1.30. The second kappa shape index (κ2) is 12.4. The molecule has 0 saturated carbocycles. The quantitative estimate of drug-likeness (QED) is 0.256. The lowest BCUT2D eigenvalue weighted by molar-refractivity contribution is 0.0780. The average Bonchev–Trinajstić information content (AvgIpc) is 2.64. The fourth-order valence-electron chi connectivity index (χ4n) is 3.13. The number of halogens is 1. The fraction of sp³-hybridized carbons (Fsp3) is 0.632. The number of nitrogens with one attached hydrogen (secondary N) is 1. The predicted octanol–water partition coefficient (Wildman–Crippen LogP) is 4.34. The minimum Gasteiger partial charge on any atom is -0.381 e.